The number of phenolic OH excluding ortho intramolecular Hbond substituents is 1. The summed E-state index contributed by atoms with van der Waals surface area (Å²) in [6.07, 6.45) is 0.860. The highest BCUT2D eigenvalue weighted by Gasteiger charge is 2.16. The van der Waals surface area contributed by atoms with Crippen LogP contribution >= 0.6 is 0 Å². The first-order valence-corrected chi connectivity index (χ1v) is 5.75. The number of aryl methyl sites for hydroxylation is 1. The van der Waals surface area contributed by atoms with Crippen molar-refractivity contribution in [2.24, 2.45) is 0 Å². The Kier molecular flexibility index (Phi) is 4.35. The number of hydrogen-bond donors (Lipinski definition) is 1. The molecule has 0 aliphatic heterocycles. The standard InChI is InChI=1S/C13H19NO2/c1-4-10-7-8-12(15)11(9-10)13(16)14(5-2)6-3/h7-9,15H,4-6H2,1-3H3. The Balaban J connectivity index is 3.06. The highest BCUT2D eigenvalue weighted by molar-refractivity contribution is 5.97. The number of hydrogen-bond acceptors (Lipinski definition) is 2. The maximum Gasteiger partial charge on any atom is 0.257 e. The summed E-state index contributed by atoms with van der Waals surface area (Å²) in [5.41, 5.74) is 1.47. The highest BCUT2D eigenvalue weighted by atomic mass is 16.3. The molecule has 0 saturated carbocycles. The average Bonchev–Trinajstić information content (AvgIpc) is 2.31. The molecular formula is C13H19NO2. The number of benzene rings is 1. The van der Waals surface area contributed by atoms with Crippen LogP contribution in [0, 0.1) is 0 Å². The fourth-order valence-corrected chi connectivity index (χ4v) is 1.66. The van der Waals surface area contributed by atoms with E-state index in [0.717, 1.165) is 12.0 Å². The van der Waals surface area contributed by atoms with E-state index in [1.807, 2.05) is 26.8 Å². The summed E-state index contributed by atoms with van der Waals surface area (Å²) in [4.78, 5) is 13.8. The molecular weight excluding hydrogens is 202 g/mol. The van der Waals surface area contributed by atoms with Crippen molar-refractivity contribution in [3.05, 3.63) is 29.3 Å². The van der Waals surface area contributed by atoms with E-state index < -0.39 is 0 Å². The molecule has 3 heteroatoms. The zero-order valence-electron chi connectivity index (χ0n) is 10.2. The molecule has 16 heavy (non-hydrogen) atoms. The predicted octanol–water partition coefficient (Wildman–Crippen LogP) is 2.44. The van der Waals surface area contributed by atoms with Gasteiger partial charge in [-0.3, -0.25) is 4.79 Å². The second kappa shape index (κ2) is 5.54. The zero-order chi connectivity index (χ0) is 12.1. The van der Waals surface area contributed by atoms with E-state index in [1.54, 1.807) is 17.0 Å². The van der Waals surface area contributed by atoms with E-state index in [4.69, 9.17) is 0 Å². The molecule has 0 heterocycles. The fourth-order valence-electron chi connectivity index (χ4n) is 1.66. The Morgan fingerprint density at radius 1 is 1.25 bits per heavy atom. The van der Waals surface area contributed by atoms with Crippen LogP contribution in [0.1, 0.15) is 36.7 Å². The van der Waals surface area contributed by atoms with Crippen LogP contribution in [0.3, 0.4) is 0 Å². The minimum absolute atomic E-state index is 0.0640. The summed E-state index contributed by atoms with van der Waals surface area (Å²) in [7, 11) is 0. The third-order valence-electron chi connectivity index (χ3n) is 2.75. The Morgan fingerprint density at radius 2 is 1.88 bits per heavy atom. The molecule has 3 nitrogen and oxygen atoms in total. The van der Waals surface area contributed by atoms with Gasteiger partial charge in [0.25, 0.3) is 5.91 Å². The SMILES string of the molecule is CCc1ccc(O)c(C(=O)N(CC)CC)c1. The minimum atomic E-state index is -0.0993. The molecule has 0 saturated heterocycles. The van der Waals surface area contributed by atoms with Crippen molar-refractivity contribution in [1.29, 1.82) is 0 Å². The van der Waals surface area contributed by atoms with Crippen molar-refractivity contribution >= 4 is 5.91 Å². The van der Waals surface area contributed by atoms with Gasteiger partial charge in [-0.15, -0.1) is 0 Å². The maximum atomic E-state index is 12.1. The third kappa shape index (κ3) is 2.54. The van der Waals surface area contributed by atoms with E-state index in [0.29, 0.717) is 18.7 Å². The van der Waals surface area contributed by atoms with Gasteiger partial charge in [0.2, 0.25) is 0 Å². The Morgan fingerprint density at radius 3 is 2.38 bits per heavy atom. The highest BCUT2D eigenvalue weighted by Crippen LogP contribution is 2.20. The van der Waals surface area contributed by atoms with Crippen molar-refractivity contribution < 1.29 is 9.90 Å². The van der Waals surface area contributed by atoms with Crippen LogP contribution < -0.4 is 0 Å². The molecule has 0 bridgehead atoms. The molecule has 88 valence electrons. The van der Waals surface area contributed by atoms with Crippen molar-refractivity contribution in [2.45, 2.75) is 27.2 Å². The number of phenols is 1. The van der Waals surface area contributed by atoms with Crippen LogP contribution in [-0.2, 0) is 6.42 Å². The van der Waals surface area contributed by atoms with Gasteiger partial charge in [0, 0.05) is 13.1 Å². The average molecular weight is 221 g/mol. The first-order chi connectivity index (χ1) is 7.63. The van der Waals surface area contributed by atoms with Crippen LogP contribution in [0.2, 0.25) is 0 Å². The van der Waals surface area contributed by atoms with Crippen molar-refractivity contribution in [3.8, 4) is 5.75 Å². The molecule has 0 aromatic heterocycles. The molecule has 1 N–H and O–H groups in total. The summed E-state index contributed by atoms with van der Waals surface area (Å²) in [6.45, 7) is 7.21. The van der Waals surface area contributed by atoms with Gasteiger partial charge in [0.05, 0.1) is 5.56 Å². The lowest BCUT2D eigenvalue weighted by Gasteiger charge is -2.19. The van der Waals surface area contributed by atoms with E-state index in [1.165, 1.54) is 0 Å². The van der Waals surface area contributed by atoms with Gasteiger partial charge < -0.3 is 10.0 Å². The van der Waals surface area contributed by atoms with Gasteiger partial charge in [-0.25, -0.2) is 0 Å². The molecule has 0 aliphatic rings. The molecule has 0 unspecified atom stereocenters. The van der Waals surface area contributed by atoms with Gasteiger partial charge in [0.1, 0.15) is 5.75 Å². The molecule has 1 amide bonds. The van der Waals surface area contributed by atoms with E-state index >= 15 is 0 Å². The normalized spacial score (nSPS) is 10.2. The summed E-state index contributed by atoms with van der Waals surface area (Å²) >= 11 is 0. The predicted molar refractivity (Wildman–Crippen MR) is 64.7 cm³/mol. The van der Waals surface area contributed by atoms with Gasteiger partial charge in [-0.2, -0.15) is 0 Å². The zero-order valence-corrected chi connectivity index (χ0v) is 10.2. The summed E-state index contributed by atoms with van der Waals surface area (Å²) in [6, 6.07) is 5.21. The molecule has 0 radical (unpaired) electrons. The first kappa shape index (κ1) is 12.6. The largest absolute Gasteiger partial charge is 0.507 e. The number of carbonyl (C=O) groups is 1. The van der Waals surface area contributed by atoms with E-state index in [-0.39, 0.29) is 11.7 Å². The van der Waals surface area contributed by atoms with Crippen molar-refractivity contribution in [2.75, 3.05) is 13.1 Å². The van der Waals surface area contributed by atoms with E-state index in [9.17, 15) is 9.90 Å². The van der Waals surface area contributed by atoms with Crippen molar-refractivity contribution in [3.63, 3.8) is 0 Å². The molecule has 1 aromatic rings. The second-order valence-electron chi connectivity index (χ2n) is 3.68. The summed E-state index contributed by atoms with van der Waals surface area (Å²) < 4.78 is 0. The lowest BCUT2D eigenvalue weighted by Crippen LogP contribution is -2.30. The minimum Gasteiger partial charge on any atom is -0.507 e. The molecule has 0 atom stereocenters. The number of aromatic hydroxyl groups is 1. The molecule has 0 aliphatic carbocycles. The van der Waals surface area contributed by atoms with Gasteiger partial charge >= 0.3 is 0 Å². The topological polar surface area (TPSA) is 40.5 Å². The smallest absolute Gasteiger partial charge is 0.257 e. The van der Waals surface area contributed by atoms with E-state index in [2.05, 4.69) is 0 Å². The Hall–Kier alpha value is -1.51. The van der Waals surface area contributed by atoms with Crippen LogP contribution in [0.15, 0.2) is 18.2 Å². The van der Waals surface area contributed by atoms with Crippen LogP contribution in [0.25, 0.3) is 0 Å². The van der Waals surface area contributed by atoms with Gasteiger partial charge in [0.15, 0.2) is 0 Å². The lowest BCUT2D eigenvalue weighted by atomic mass is 10.1. The second-order valence-corrected chi connectivity index (χ2v) is 3.68. The fraction of sp³-hybridized carbons (Fsp3) is 0.462. The molecule has 0 spiro atoms. The monoisotopic (exact) mass is 221 g/mol. The maximum absolute atomic E-state index is 12.1. The first-order valence-electron chi connectivity index (χ1n) is 5.75. The summed E-state index contributed by atoms with van der Waals surface area (Å²) in [5, 5.41) is 9.69. The van der Waals surface area contributed by atoms with Crippen LogP contribution in [-0.4, -0.2) is 29.0 Å². The van der Waals surface area contributed by atoms with Gasteiger partial charge in [-0.1, -0.05) is 13.0 Å². The Labute approximate surface area is 96.7 Å². The summed E-state index contributed by atoms with van der Waals surface area (Å²) in [5.74, 6) is -0.0353. The number of nitrogens with zero attached hydrogens (tertiary/aromatic N) is 1. The Bertz CT molecular complexity index is 370. The molecule has 1 rings (SSSR count). The quantitative estimate of drug-likeness (QED) is 0.848. The lowest BCUT2D eigenvalue weighted by molar-refractivity contribution is 0.0770. The number of carbonyl (C=O) groups excluding carboxylic acids is 1. The molecule has 1 aromatic carbocycles. The van der Waals surface area contributed by atoms with Crippen molar-refractivity contribution in [1.82, 2.24) is 4.90 Å². The third-order valence-corrected chi connectivity index (χ3v) is 2.75. The van der Waals surface area contributed by atoms with Gasteiger partial charge in [-0.05, 0) is 38.0 Å². The van der Waals surface area contributed by atoms with Crippen LogP contribution in [0.4, 0.5) is 0 Å². The number of rotatable bonds is 4. The van der Waals surface area contributed by atoms with Crippen LogP contribution in [0.5, 0.6) is 5.75 Å². The number of amides is 1. The molecule has 0 fully saturated rings.